The second kappa shape index (κ2) is 7.10. The summed E-state index contributed by atoms with van der Waals surface area (Å²) in [6.07, 6.45) is 9.27. The van der Waals surface area contributed by atoms with Gasteiger partial charge in [-0.25, -0.2) is 4.39 Å². The molecule has 0 saturated heterocycles. The number of hydrogen-bond donors (Lipinski definition) is 1. The molecule has 0 spiro atoms. The molecule has 0 atom stereocenters. The molecule has 1 aliphatic rings. The van der Waals surface area contributed by atoms with Crippen LogP contribution in [0.25, 0.3) is 0 Å². The number of rotatable bonds is 3. The first-order chi connectivity index (χ1) is 8.75. The van der Waals surface area contributed by atoms with Crippen molar-refractivity contribution in [1.29, 1.82) is 0 Å². The van der Waals surface area contributed by atoms with Crippen LogP contribution in [0.2, 0.25) is 5.02 Å². The molecule has 1 nitrogen and oxygen atoms in total. The quantitative estimate of drug-likeness (QED) is 0.840. The minimum Gasteiger partial charge on any atom is -0.310 e. The third kappa shape index (κ3) is 4.25. The van der Waals surface area contributed by atoms with E-state index in [9.17, 15) is 4.39 Å². The maximum Gasteiger partial charge on any atom is 0.141 e. The first kappa shape index (κ1) is 13.8. The highest BCUT2D eigenvalue weighted by Gasteiger charge is 2.10. The van der Waals surface area contributed by atoms with Crippen molar-refractivity contribution < 1.29 is 4.39 Å². The lowest BCUT2D eigenvalue weighted by molar-refractivity contribution is 0.389. The van der Waals surface area contributed by atoms with E-state index in [1.807, 2.05) is 0 Å². The Morgan fingerprint density at radius 2 is 1.78 bits per heavy atom. The third-order valence-electron chi connectivity index (χ3n) is 3.68. The molecule has 3 heteroatoms. The average Bonchev–Trinajstić information content (AvgIpc) is 2.32. The van der Waals surface area contributed by atoms with Gasteiger partial charge in [0.05, 0.1) is 5.02 Å². The maximum atomic E-state index is 13.0. The molecule has 0 aliphatic heterocycles. The molecular formula is C15H21ClFN. The van der Waals surface area contributed by atoms with E-state index in [0.29, 0.717) is 6.04 Å². The van der Waals surface area contributed by atoms with Crippen molar-refractivity contribution in [2.75, 3.05) is 0 Å². The van der Waals surface area contributed by atoms with Crippen LogP contribution in [0.5, 0.6) is 0 Å². The van der Waals surface area contributed by atoms with Gasteiger partial charge in [0.15, 0.2) is 0 Å². The van der Waals surface area contributed by atoms with Crippen LogP contribution in [0.3, 0.4) is 0 Å². The first-order valence-electron chi connectivity index (χ1n) is 6.93. The molecule has 2 rings (SSSR count). The Kier molecular flexibility index (Phi) is 5.45. The lowest BCUT2D eigenvalue weighted by atomic mass is 9.96. The molecule has 100 valence electrons. The Labute approximate surface area is 114 Å². The molecule has 0 unspecified atom stereocenters. The van der Waals surface area contributed by atoms with Crippen molar-refractivity contribution in [2.45, 2.75) is 57.5 Å². The molecule has 18 heavy (non-hydrogen) atoms. The van der Waals surface area contributed by atoms with Gasteiger partial charge in [-0.05, 0) is 30.5 Å². The van der Waals surface area contributed by atoms with Crippen LogP contribution < -0.4 is 5.32 Å². The second-order valence-corrected chi connectivity index (χ2v) is 5.58. The number of halogens is 2. The molecule has 1 saturated carbocycles. The Morgan fingerprint density at radius 3 is 2.44 bits per heavy atom. The predicted octanol–water partition coefficient (Wildman–Crippen LogP) is 4.68. The minimum atomic E-state index is -0.341. The monoisotopic (exact) mass is 269 g/mol. The summed E-state index contributed by atoms with van der Waals surface area (Å²) in [6.45, 7) is 0.782. The van der Waals surface area contributed by atoms with E-state index in [-0.39, 0.29) is 10.8 Å². The van der Waals surface area contributed by atoms with Crippen LogP contribution in [0.1, 0.15) is 50.5 Å². The van der Waals surface area contributed by atoms with Gasteiger partial charge in [-0.1, -0.05) is 49.8 Å². The Balaban J connectivity index is 1.83. The lowest BCUT2D eigenvalue weighted by Crippen LogP contribution is -2.29. The van der Waals surface area contributed by atoms with Gasteiger partial charge < -0.3 is 5.32 Å². The molecule has 0 bridgehead atoms. The van der Waals surface area contributed by atoms with Gasteiger partial charge in [-0.3, -0.25) is 0 Å². The van der Waals surface area contributed by atoms with Crippen LogP contribution in [0, 0.1) is 5.82 Å². The predicted molar refractivity (Wildman–Crippen MR) is 74.4 cm³/mol. The summed E-state index contributed by atoms with van der Waals surface area (Å²) in [5.74, 6) is -0.341. The Bertz CT molecular complexity index is 373. The molecule has 0 aromatic heterocycles. The van der Waals surface area contributed by atoms with Gasteiger partial charge in [0.1, 0.15) is 5.82 Å². The maximum absolute atomic E-state index is 13.0. The molecule has 1 aromatic rings. The Hall–Kier alpha value is -0.600. The summed E-state index contributed by atoms with van der Waals surface area (Å²) in [5.41, 5.74) is 1.06. The molecule has 0 radical (unpaired) electrons. The van der Waals surface area contributed by atoms with Crippen molar-refractivity contribution in [3.63, 3.8) is 0 Å². The molecule has 0 amide bonds. The topological polar surface area (TPSA) is 12.0 Å². The summed E-state index contributed by atoms with van der Waals surface area (Å²) >= 11 is 5.78. The normalized spacial score (nSPS) is 18.3. The van der Waals surface area contributed by atoms with E-state index in [1.165, 1.54) is 51.0 Å². The summed E-state index contributed by atoms with van der Waals surface area (Å²) in [4.78, 5) is 0. The van der Waals surface area contributed by atoms with Gasteiger partial charge in [0, 0.05) is 12.6 Å². The fourth-order valence-corrected chi connectivity index (χ4v) is 2.78. The molecule has 1 aliphatic carbocycles. The van der Waals surface area contributed by atoms with Crippen LogP contribution in [-0.2, 0) is 6.54 Å². The van der Waals surface area contributed by atoms with Crippen molar-refractivity contribution in [1.82, 2.24) is 5.32 Å². The summed E-state index contributed by atoms with van der Waals surface area (Å²) < 4.78 is 13.0. The van der Waals surface area contributed by atoms with Gasteiger partial charge >= 0.3 is 0 Å². The molecule has 0 heterocycles. The largest absolute Gasteiger partial charge is 0.310 e. The van der Waals surface area contributed by atoms with Crippen LogP contribution in [-0.4, -0.2) is 6.04 Å². The van der Waals surface area contributed by atoms with Crippen molar-refractivity contribution in [2.24, 2.45) is 0 Å². The highest BCUT2D eigenvalue weighted by molar-refractivity contribution is 6.30. The summed E-state index contributed by atoms with van der Waals surface area (Å²) in [7, 11) is 0. The molecule has 1 fully saturated rings. The lowest BCUT2D eigenvalue weighted by Gasteiger charge is -2.21. The molecule has 1 aromatic carbocycles. The third-order valence-corrected chi connectivity index (χ3v) is 3.97. The summed E-state index contributed by atoms with van der Waals surface area (Å²) in [6, 6.07) is 5.57. The highest BCUT2D eigenvalue weighted by atomic mass is 35.5. The van der Waals surface area contributed by atoms with Gasteiger partial charge in [0.25, 0.3) is 0 Å². The van der Waals surface area contributed by atoms with E-state index in [0.717, 1.165) is 12.1 Å². The smallest absolute Gasteiger partial charge is 0.141 e. The summed E-state index contributed by atoms with van der Waals surface area (Å²) in [5, 5.41) is 3.79. The van der Waals surface area contributed by atoms with E-state index < -0.39 is 0 Å². The highest BCUT2D eigenvalue weighted by Crippen LogP contribution is 2.19. The SMILES string of the molecule is Fc1ccc(CNC2CCCCCCC2)cc1Cl. The Morgan fingerprint density at radius 1 is 1.11 bits per heavy atom. The number of nitrogens with one attached hydrogen (secondary N) is 1. The molecular weight excluding hydrogens is 249 g/mol. The zero-order valence-corrected chi connectivity index (χ0v) is 11.5. The fraction of sp³-hybridized carbons (Fsp3) is 0.600. The molecule has 1 N–H and O–H groups in total. The van der Waals surface area contributed by atoms with E-state index in [2.05, 4.69) is 5.32 Å². The second-order valence-electron chi connectivity index (χ2n) is 5.17. The van der Waals surface area contributed by atoms with Crippen LogP contribution in [0.15, 0.2) is 18.2 Å². The standard InChI is InChI=1S/C15H21ClFN/c16-14-10-12(8-9-15(14)17)11-18-13-6-4-2-1-3-5-7-13/h8-10,13,18H,1-7,11H2. The average molecular weight is 270 g/mol. The van der Waals surface area contributed by atoms with Gasteiger partial charge in [-0.2, -0.15) is 0 Å². The van der Waals surface area contributed by atoms with Gasteiger partial charge in [0.2, 0.25) is 0 Å². The van der Waals surface area contributed by atoms with Crippen molar-refractivity contribution in [3.8, 4) is 0 Å². The van der Waals surface area contributed by atoms with E-state index >= 15 is 0 Å². The van der Waals surface area contributed by atoms with Gasteiger partial charge in [-0.15, -0.1) is 0 Å². The fourth-order valence-electron chi connectivity index (χ4n) is 2.57. The number of hydrogen-bond acceptors (Lipinski definition) is 1. The van der Waals surface area contributed by atoms with Crippen molar-refractivity contribution in [3.05, 3.63) is 34.6 Å². The number of benzene rings is 1. The minimum absolute atomic E-state index is 0.215. The van der Waals surface area contributed by atoms with E-state index in [4.69, 9.17) is 11.6 Å². The first-order valence-corrected chi connectivity index (χ1v) is 7.31. The van der Waals surface area contributed by atoms with Crippen LogP contribution in [0.4, 0.5) is 4.39 Å². The zero-order valence-electron chi connectivity index (χ0n) is 10.7. The van der Waals surface area contributed by atoms with E-state index in [1.54, 1.807) is 12.1 Å². The van der Waals surface area contributed by atoms with Crippen molar-refractivity contribution >= 4 is 11.6 Å². The van der Waals surface area contributed by atoms with Crippen LogP contribution >= 0.6 is 11.6 Å². The zero-order chi connectivity index (χ0) is 12.8.